The first kappa shape index (κ1) is 17.8. The molecule has 0 unspecified atom stereocenters. The van der Waals surface area contributed by atoms with Crippen LogP contribution in [0.15, 0.2) is 12.3 Å². The van der Waals surface area contributed by atoms with E-state index < -0.39 is 0 Å². The van der Waals surface area contributed by atoms with Crippen molar-refractivity contribution in [3.8, 4) is 0 Å². The van der Waals surface area contributed by atoms with Gasteiger partial charge in [0.15, 0.2) is 0 Å². The minimum absolute atomic E-state index is 0.0381. The number of carbonyl (C=O) groups is 3. The lowest BCUT2D eigenvalue weighted by Gasteiger charge is -2.34. The summed E-state index contributed by atoms with van der Waals surface area (Å²) in [6.07, 6.45) is 1.43. The number of nitrogens with one attached hydrogen (secondary N) is 1. The number of hydrogen-bond acceptors (Lipinski definition) is 5. The molecule has 2 heterocycles. The number of nitrogens with zero attached hydrogens (tertiary/aromatic N) is 4. The SMILES string of the molecule is CCOC(=O)N1CCN(C(=O)CCNC(=O)c2ccnn2C)CC1. The third kappa shape index (κ3) is 4.46. The van der Waals surface area contributed by atoms with Gasteiger partial charge in [-0.1, -0.05) is 0 Å². The molecule has 3 amide bonds. The lowest BCUT2D eigenvalue weighted by molar-refractivity contribution is -0.132. The summed E-state index contributed by atoms with van der Waals surface area (Å²) in [7, 11) is 1.68. The van der Waals surface area contributed by atoms with E-state index in [4.69, 9.17) is 4.74 Å². The second-order valence-corrected chi connectivity index (χ2v) is 5.41. The van der Waals surface area contributed by atoms with Crippen molar-refractivity contribution in [2.24, 2.45) is 7.05 Å². The van der Waals surface area contributed by atoms with Crippen LogP contribution in [-0.2, 0) is 16.6 Å². The van der Waals surface area contributed by atoms with Crippen molar-refractivity contribution in [2.45, 2.75) is 13.3 Å². The van der Waals surface area contributed by atoms with E-state index in [1.165, 1.54) is 4.68 Å². The molecule has 1 fully saturated rings. The molecule has 1 aromatic heterocycles. The highest BCUT2D eigenvalue weighted by molar-refractivity contribution is 5.92. The van der Waals surface area contributed by atoms with Crippen LogP contribution in [0.1, 0.15) is 23.8 Å². The number of rotatable bonds is 5. The zero-order valence-electron chi connectivity index (χ0n) is 14.0. The van der Waals surface area contributed by atoms with Gasteiger partial charge >= 0.3 is 6.09 Å². The Hall–Kier alpha value is -2.58. The Morgan fingerprint density at radius 3 is 2.46 bits per heavy atom. The number of amides is 3. The number of hydrogen-bond donors (Lipinski definition) is 1. The number of aromatic nitrogens is 2. The summed E-state index contributed by atoms with van der Waals surface area (Å²) < 4.78 is 6.42. The summed E-state index contributed by atoms with van der Waals surface area (Å²) in [6, 6.07) is 1.62. The normalized spacial score (nSPS) is 14.4. The van der Waals surface area contributed by atoms with Crippen molar-refractivity contribution in [3.05, 3.63) is 18.0 Å². The predicted molar refractivity (Wildman–Crippen MR) is 85.3 cm³/mol. The average molecular weight is 337 g/mol. The van der Waals surface area contributed by atoms with Crippen LogP contribution >= 0.6 is 0 Å². The van der Waals surface area contributed by atoms with Crippen LogP contribution in [0.25, 0.3) is 0 Å². The topological polar surface area (TPSA) is 96.8 Å². The number of piperazine rings is 1. The average Bonchev–Trinajstić information content (AvgIpc) is 3.01. The molecule has 0 aliphatic carbocycles. The van der Waals surface area contributed by atoms with Gasteiger partial charge in [-0.05, 0) is 13.0 Å². The van der Waals surface area contributed by atoms with E-state index in [0.717, 1.165) is 0 Å². The minimum Gasteiger partial charge on any atom is -0.450 e. The molecule has 24 heavy (non-hydrogen) atoms. The highest BCUT2D eigenvalue weighted by atomic mass is 16.6. The van der Waals surface area contributed by atoms with Crippen LogP contribution < -0.4 is 5.32 Å². The monoisotopic (exact) mass is 337 g/mol. The van der Waals surface area contributed by atoms with Crippen LogP contribution in [0.2, 0.25) is 0 Å². The van der Waals surface area contributed by atoms with Crippen molar-refractivity contribution >= 4 is 17.9 Å². The van der Waals surface area contributed by atoms with E-state index in [2.05, 4.69) is 10.4 Å². The molecule has 1 saturated heterocycles. The largest absolute Gasteiger partial charge is 0.450 e. The molecule has 0 bridgehead atoms. The molecule has 0 saturated carbocycles. The van der Waals surface area contributed by atoms with Crippen LogP contribution in [0.4, 0.5) is 4.79 Å². The Morgan fingerprint density at radius 2 is 1.88 bits per heavy atom. The lowest BCUT2D eigenvalue weighted by atomic mass is 10.3. The van der Waals surface area contributed by atoms with E-state index in [1.807, 2.05) is 0 Å². The maximum atomic E-state index is 12.2. The second-order valence-electron chi connectivity index (χ2n) is 5.41. The predicted octanol–water partition coefficient (Wildman–Crippen LogP) is -0.159. The van der Waals surface area contributed by atoms with Gasteiger partial charge in [0.05, 0.1) is 6.61 Å². The molecule has 9 heteroatoms. The zero-order valence-corrected chi connectivity index (χ0v) is 14.0. The van der Waals surface area contributed by atoms with Gasteiger partial charge in [0.1, 0.15) is 5.69 Å². The van der Waals surface area contributed by atoms with E-state index in [9.17, 15) is 14.4 Å². The van der Waals surface area contributed by atoms with Gasteiger partial charge in [0.2, 0.25) is 5.91 Å². The molecule has 2 rings (SSSR count). The Balaban J connectivity index is 1.69. The molecule has 0 spiro atoms. The van der Waals surface area contributed by atoms with Gasteiger partial charge in [0, 0.05) is 52.4 Å². The summed E-state index contributed by atoms with van der Waals surface area (Å²) in [5, 5.41) is 6.63. The fourth-order valence-corrected chi connectivity index (χ4v) is 2.48. The second kappa shape index (κ2) is 8.32. The fraction of sp³-hybridized carbons (Fsp3) is 0.600. The van der Waals surface area contributed by atoms with Gasteiger partial charge in [-0.2, -0.15) is 5.10 Å². The lowest BCUT2D eigenvalue weighted by Crippen LogP contribution is -2.51. The summed E-state index contributed by atoms with van der Waals surface area (Å²) in [5.41, 5.74) is 0.450. The van der Waals surface area contributed by atoms with Crippen molar-refractivity contribution in [1.29, 1.82) is 0 Å². The molecular weight excluding hydrogens is 314 g/mol. The van der Waals surface area contributed by atoms with Crippen molar-refractivity contribution < 1.29 is 19.1 Å². The van der Waals surface area contributed by atoms with Crippen molar-refractivity contribution in [3.63, 3.8) is 0 Å². The van der Waals surface area contributed by atoms with Crippen LogP contribution in [0.5, 0.6) is 0 Å². The van der Waals surface area contributed by atoms with Crippen LogP contribution in [0, 0.1) is 0 Å². The van der Waals surface area contributed by atoms with Crippen LogP contribution in [-0.4, -0.2) is 76.8 Å². The molecule has 132 valence electrons. The summed E-state index contributed by atoms with van der Waals surface area (Å²) >= 11 is 0. The molecule has 1 aliphatic heterocycles. The van der Waals surface area contributed by atoms with Crippen LogP contribution in [0.3, 0.4) is 0 Å². The Bertz CT molecular complexity index is 592. The highest BCUT2D eigenvalue weighted by Gasteiger charge is 2.24. The first-order valence-electron chi connectivity index (χ1n) is 7.98. The van der Waals surface area contributed by atoms with E-state index in [-0.39, 0.29) is 30.9 Å². The Kier molecular flexibility index (Phi) is 6.16. The molecule has 1 aliphatic rings. The molecule has 1 N–H and O–H groups in total. The summed E-state index contributed by atoms with van der Waals surface area (Å²) in [5.74, 6) is -0.293. The smallest absolute Gasteiger partial charge is 0.409 e. The fourth-order valence-electron chi connectivity index (χ4n) is 2.48. The number of ether oxygens (including phenoxy) is 1. The molecule has 1 aromatic rings. The maximum absolute atomic E-state index is 12.2. The maximum Gasteiger partial charge on any atom is 0.409 e. The van der Waals surface area contributed by atoms with Crippen molar-refractivity contribution in [1.82, 2.24) is 24.9 Å². The first-order valence-corrected chi connectivity index (χ1v) is 7.98. The number of carbonyl (C=O) groups excluding carboxylic acids is 3. The molecule has 0 radical (unpaired) electrons. The minimum atomic E-state index is -0.340. The quantitative estimate of drug-likeness (QED) is 0.805. The van der Waals surface area contributed by atoms with Gasteiger partial charge in [-0.15, -0.1) is 0 Å². The third-order valence-electron chi connectivity index (χ3n) is 3.84. The zero-order chi connectivity index (χ0) is 17.5. The summed E-state index contributed by atoms with van der Waals surface area (Å²) in [4.78, 5) is 39.0. The van der Waals surface area contributed by atoms with Gasteiger partial charge in [-0.25, -0.2) is 4.79 Å². The molecule has 0 atom stereocenters. The van der Waals surface area contributed by atoms with Crippen molar-refractivity contribution in [2.75, 3.05) is 39.3 Å². The van der Waals surface area contributed by atoms with Gasteiger partial charge < -0.3 is 19.9 Å². The highest BCUT2D eigenvalue weighted by Crippen LogP contribution is 2.05. The molecule has 9 nitrogen and oxygen atoms in total. The molecular formula is C15H23N5O4. The Morgan fingerprint density at radius 1 is 1.21 bits per heavy atom. The third-order valence-corrected chi connectivity index (χ3v) is 3.84. The number of aryl methyl sites for hydroxylation is 1. The first-order chi connectivity index (χ1) is 11.5. The van der Waals surface area contributed by atoms with Gasteiger partial charge in [-0.3, -0.25) is 14.3 Å². The standard InChI is InChI=1S/C15H23N5O4/c1-3-24-15(23)20-10-8-19(9-11-20)13(21)5-6-16-14(22)12-4-7-17-18(12)2/h4,7H,3,5-6,8-11H2,1-2H3,(H,16,22). The molecule has 0 aromatic carbocycles. The summed E-state index contributed by atoms with van der Waals surface area (Å²) in [6.45, 7) is 4.26. The van der Waals surface area contributed by atoms with E-state index in [1.54, 1.807) is 36.0 Å². The van der Waals surface area contributed by atoms with E-state index >= 15 is 0 Å². The van der Waals surface area contributed by atoms with Gasteiger partial charge in [0.25, 0.3) is 5.91 Å². The van der Waals surface area contributed by atoms with E-state index in [0.29, 0.717) is 38.5 Å². The Labute approximate surface area is 140 Å².